The third-order valence-corrected chi connectivity index (χ3v) is 3.75. The van der Waals surface area contributed by atoms with E-state index in [1.54, 1.807) is 6.07 Å². The van der Waals surface area contributed by atoms with E-state index in [1.807, 2.05) is 36.5 Å². The summed E-state index contributed by atoms with van der Waals surface area (Å²) >= 11 is 0. The molecule has 106 valence electrons. The fourth-order valence-electron chi connectivity index (χ4n) is 2.63. The maximum atomic E-state index is 8.89. The highest BCUT2D eigenvalue weighted by atomic mass is 15.3. The molecule has 1 saturated heterocycles. The number of pyridine rings is 1. The third kappa shape index (κ3) is 2.75. The van der Waals surface area contributed by atoms with Crippen LogP contribution in [0.1, 0.15) is 5.56 Å². The average molecular weight is 279 g/mol. The zero-order valence-electron chi connectivity index (χ0n) is 11.7. The molecule has 1 fully saturated rings. The summed E-state index contributed by atoms with van der Waals surface area (Å²) in [6.45, 7) is 3.62. The molecule has 1 aromatic carbocycles. The molecule has 5 nitrogen and oxygen atoms in total. The summed E-state index contributed by atoms with van der Waals surface area (Å²) in [5.41, 5.74) is 8.33. The number of benzene rings is 1. The molecule has 0 unspecified atom stereocenters. The van der Waals surface area contributed by atoms with E-state index in [-0.39, 0.29) is 0 Å². The van der Waals surface area contributed by atoms with Gasteiger partial charge in [0.1, 0.15) is 5.82 Å². The lowest BCUT2D eigenvalue weighted by atomic mass is 10.1. The highest BCUT2D eigenvalue weighted by Gasteiger charge is 2.19. The van der Waals surface area contributed by atoms with Crippen molar-refractivity contribution in [3.05, 3.63) is 48.2 Å². The molecule has 2 aromatic rings. The highest BCUT2D eigenvalue weighted by Crippen LogP contribution is 2.26. The Morgan fingerprint density at radius 2 is 1.81 bits per heavy atom. The number of anilines is 3. The van der Waals surface area contributed by atoms with Crippen LogP contribution in [0.3, 0.4) is 0 Å². The molecule has 0 atom stereocenters. The Balaban J connectivity index is 1.70. The van der Waals surface area contributed by atoms with E-state index in [9.17, 15) is 0 Å². The molecule has 0 amide bonds. The number of nitrogens with zero attached hydrogens (tertiary/aromatic N) is 4. The van der Waals surface area contributed by atoms with Crippen LogP contribution in [0.2, 0.25) is 0 Å². The molecule has 1 aromatic heterocycles. The zero-order valence-corrected chi connectivity index (χ0v) is 11.7. The Kier molecular flexibility index (Phi) is 3.61. The minimum Gasteiger partial charge on any atom is -0.397 e. The molecule has 2 heterocycles. The summed E-state index contributed by atoms with van der Waals surface area (Å²) in [5.74, 6) is 1.02. The van der Waals surface area contributed by atoms with Gasteiger partial charge in [0.2, 0.25) is 0 Å². The fraction of sp³-hybridized carbons (Fsp3) is 0.250. The van der Waals surface area contributed by atoms with Gasteiger partial charge in [-0.15, -0.1) is 0 Å². The van der Waals surface area contributed by atoms with Crippen molar-refractivity contribution in [2.75, 3.05) is 41.7 Å². The quantitative estimate of drug-likeness (QED) is 0.850. The number of hydrogen-bond donors (Lipinski definition) is 1. The van der Waals surface area contributed by atoms with Crippen LogP contribution < -0.4 is 15.5 Å². The van der Waals surface area contributed by atoms with Gasteiger partial charge in [0.25, 0.3) is 0 Å². The van der Waals surface area contributed by atoms with Crippen LogP contribution in [0.25, 0.3) is 0 Å². The minimum absolute atomic E-state index is 0.600. The molecule has 0 saturated carbocycles. The van der Waals surface area contributed by atoms with Crippen LogP contribution in [-0.4, -0.2) is 31.2 Å². The second-order valence-electron chi connectivity index (χ2n) is 5.05. The topological polar surface area (TPSA) is 69.2 Å². The lowest BCUT2D eigenvalue weighted by molar-refractivity contribution is 0.648. The normalized spacial score (nSPS) is 14.8. The highest BCUT2D eigenvalue weighted by molar-refractivity contribution is 5.70. The first-order chi connectivity index (χ1) is 10.3. The van der Waals surface area contributed by atoms with Crippen LogP contribution in [0.15, 0.2) is 42.6 Å². The monoisotopic (exact) mass is 279 g/mol. The molecule has 5 heteroatoms. The first-order valence-corrected chi connectivity index (χ1v) is 6.98. The number of hydrogen-bond acceptors (Lipinski definition) is 5. The molecule has 0 bridgehead atoms. The minimum atomic E-state index is 0.600. The van der Waals surface area contributed by atoms with Gasteiger partial charge in [-0.1, -0.05) is 6.07 Å². The Labute approximate surface area is 124 Å². The smallest absolute Gasteiger partial charge is 0.128 e. The zero-order chi connectivity index (χ0) is 14.7. The van der Waals surface area contributed by atoms with E-state index in [0.29, 0.717) is 11.3 Å². The van der Waals surface area contributed by atoms with Crippen molar-refractivity contribution in [3.8, 4) is 6.07 Å². The second kappa shape index (κ2) is 5.71. The number of aromatic nitrogens is 1. The Morgan fingerprint density at radius 3 is 2.43 bits per heavy atom. The lowest BCUT2D eigenvalue weighted by Gasteiger charge is -2.37. The average Bonchev–Trinajstić information content (AvgIpc) is 2.56. The number of nitriles is 1. The van der Waals surface area contributed by atoms with Crippen molar-refractivity contribution >= 4 is 17.2 Å². The molecule has 0 aliphatic carbocycles. The number of piperazine rings is 1. The Morgan fingerprint density at radius 1 is 1.05 bits per heavy atom. The van der Waals surface area contributed by atoms with Gasteiger partial charge in [0.05, 0.1) is 23.0 Å². The summed E-state index contributed by atoms with van der Waals surface area (Å²) in [4.78, 5) is 8.92. The van der Waals surface area contributed by atoms with Gasteiger partial charge in [-0.25, -0.2) is 4.98 Å². The lowest BCUT2D eigenvalue weighted by Crippen LogP contribution is -2.47. The Hall–Kier alpha value is -2.74. The number of rotatable bonds is 2. The summed E-state index contributed by atoms with van der Waals surface area (Å²) < 4.78 is 0. The Bertz CT molecular complexity index is 654. The number of nitrogen functional groups attached to an aromatic ring is 1. The van der Waals surface area contributed by atoms with Gasteiger partial charge in [0.15, 0.2) is 0 Å². The first kappa shape index (κ1) is 13.3. The number of nitrogens with two attached hydrogens (primary N) is 1. The molecule has 3 rings (SSSR count). The van der Waals surface area contributed by atoms with Crippen molar-refractivity contribution in [2.45, 2.75) is 0 Å². The van der Waals surface area contributed by atoms with E-state index in [2.05, 4.69) is 20.9 Å². The van der Waals surface area contributed by atoms with Gasteiger partial charge < -0.3 is 15.5 Å². The summed E-state index contributed by atoms with van der Waals surface area (Å²) in [6.07, 6.45) is 1.82. The molecular weight excluding hydrogens is 262 g/mol. The summed E-state index contributed by atoms with van der Waals surface area (Å²) in [5, 5.41) is 8.89. The second-order valence-corrected chi connectivity index (χ2v) is 5.05. The maximum absolute atomic E-state index is 8.89. The molecule has 1 aliphatic heterocycles. The molecular formula is C16H17N5. The van der Waals surface area contributed by atoms with Crippen LogP contribution >= 0.6 is 0 Å². The van der Waals surface area contributed by atoms with Gasteiger partial charge in [-0.05, 0) is 30.3 Å². The summed E-state index contributed by atoms with van der Waals surface area (Å²) in [6, 6.07) is 13.6. The van der Waals surface area contributed by atoms with Crippen LogP contribution in [-0.2, 0) is 0 Å². The molecule has 0 spiro atoms. The van der Waals surface area contributed by atoms with E-state index >= 15 is 0 Å². The molecule has 2 N–H and O–H groups in total. The predicted octanol–water partition coefficient (Wildman–Crippen LogP) is 1.86. The van der Waals surface area contributed by atoms with E-state index in [4.69, 9.17) is 11.0 Å². The van der Waals surface area contributed by atoms with Crippen molar-refractivity contribution in [3.63, 3.8) is 0 Å². The first-order valence-electron chi connectivity index (χ1n) is 6.98. The van der Waals surface area contributed by atoms with Crippen LogP contribution in [0.5, 0.6) is 0 Å². The van der Waals surface area contributed by atoms with Crippen molar-refractivity contribution in [2.24, 2.45) is 0 Å². The summed E-state index contributed by atoms with van der Waals surface area (Å²) in [7, 11) is 0. The largest absolute Gasteiger partial charge is 0.397 e. The van der Waals surface area contributed by atoms with Crippen LogP contribution in [0, 0.1) is 11.3 Å². The van der Waals surface area contributed by atoms with Gasteiger partial charge in [-0.3, -0.25) is 0 Å². The maximum Gasteiger partial charge on any atom is 0.128 e. The van der Waals surface area contributed by atoms with E-state index in [1.165, 1.54) is 0 Å². The molecule has 0 radical (unpaired) electrons. The van der Waals surface area contributed by atoms with Gasteiger partial charge >= 0.3 is 0 Å². The SMILES string of the molecule is N#Cc1ccc(N2CCN(c3ccccn3)CC2)c(N)c1. The van der Waals surface area contributed by atoms with Crippen molar-refractivity contribution < 1.29 is 0 Å². The molecule has 21 heavy (non-hydrogen) atoms. The van der Waals surface area contributed by atoms with Crippen molar-refractivity contribution in [1.82, 2.24) is 4.98 Å². The predicted molar refractivity (Wildman–Crippen MR) is 84.2 cm³/mol. The standard InChI is InChI=1S/C16H17N5/c17-12-13-4-5-15(14(18)11-13)20-7-9-21(10-8-20)16-3-1-2-6-19-16/h1-6,11H,7-10,18H2. The van der Waals surface area contributed by atoms with E-state index < -0.39 is 0 Å². The third-order valence-electron chi connectivity index (χ3n) is 3.75. The van der Waals surface area contributed by atoms with Gasteiger partial charge in [-0.2, -0.15) is 5.26 Å². The van der Waals surface area contributed by atoms with Gasteiger partial charge in [0, 0.05) is 32.4 Å². The van der Waals surface area contributed by atoms with Crippen LogP contribution in [0.4, 0.5) is 17.2 Å². The molecule has 1 aliphatic rings. The van der Waals surface area contributed by atoms with E-state index in [0.717, 1.165) is 37.7 Å². The van der Waals surface area contributed by atoms with Crippen molar-refractivity contribution in [1.29, 1.82) is 5.26 Å². The fourth-order valence-corrected chi connectivity index (χ4v) is 2.63.